The third-order valence-corrected chi connectivity index (χ3v) is 7.77. The monoisotopic (exact) mass is 363 g/mol. The molecule has 4 fully saturated rings. The van der Waals surface area contributed by atoms with Crippen molar-refractivity contribution >= 4 is 12.0 Å². The molecule has 2 amide bonds. The molecule has 3 heterocycles. The molecule has 1 aliphatic carbocycles. The summed E-state index contributed by atoms with van der Waals surface area (Å²) in [4.78, 5) is 30.0. The third kappa shape index (κ3) is 2.81. The van der Waals surface area contributed by atoms with Crippen molar-refractivity contribution in [2.24, 2.45) is 5.41 Å². The highest BCUT2D eigenvalue weighted by atomic mass is 16.4. The maximum atomic E-state index is 12.2. The van der Waals surface area contributed by atoms with Crippen LogP contribution in [0.4, 0.5) is 4.79 Å². The van der Waals surface area contributed by atoms with E-state index in [9.17, 15) is 14.7 Å². The highest BCUT2D eigenvalue weighted by molar-refractivity contribution is 5.79. The van der Waals surface area contributed by atoms with Crippen molar-refractivity contribution in [3.63, 3.8) is 0 Å². The minimum absolute atomic E-state index is 0.214. The number of piperidine rings is 1. The molecule has 26 heavy (non-hydrogen) atoms. The minimum atomic E-state index is -0.754. The molecule has 3 aliphatic heterocycles. The Labute approximate surface area is 156 Å². The highest BCUT2D eigenvalue weighted by Gasteiger charge is 2.57. The van der Waals surface area contributed by atoms with Crippen molar-refractivity contribution in [2.45, 2.75) is 89.4 Å². The van der Waals surface area contributed by atoms with Gasteiger partial charge in [0, 0.05) is 55.6 Å². The van der Waals surface area contributed by atoms with E-state index in [0.29, 0.717) is 24.0 Å². The van der Waals surface area contributed by atoms with Crippen molar-refractivity contribution in [3.8, 4) is 0 Å². The molecule has 4 atom stereocenters. The summed E-state index contributed by atoms with van der Waals surface area (Å²) < 4.78 is 0. The van der Waals surface area contributed by atoms with Crippen LogP contribution in [-0.4, -0.2) is 75.6 Å². The van der Waals surface area contributed by atoms with E-state index < -0.39 is 6.09 Å². The first-order valence-corrected chi connectivity index (χ1v) is 10.5. The largest absolute Gasteiger partial charge is 0.465 e. The lowest BCUT2D eigenvalue weighted by atomic mass is 9.69. The van der Waals surface area contributed by atoms with Gasteiger partial charge in [0.25, 0.3) is 0 Å². The maximum Gasteiger partial charge on any atom is 0.407 e. The quantitative estimate of drug-likeness (QED) is 0.837. The summed E-state index contributed by atoms with van der Waals surface area (Å²) in [5.74, 6) is 0.352. The van der Waals surface area contributed by atoms with Crippen LogP contribution in [0.15, 0.2) is 0 Å². The number of carboxylic acid groups (broad SMARTS) is 1. The standard InChI is InChI=1S/C20H33N3O3/c1-3-17-20(13-22(17)19(25)26)9-6-16(12-20)21-10-7-15(8-11-21)23-14(2)4-5-18(23)24/h14-17H,3-13H2,1-2H3,(H,25,26)/t14-,16?,17?,20?/m1/s1. The van der Waals surface area contributed by atoms with Gasteiger partial charge in [-0.2, -0.15) is 0 Å². The summed E-state index contributed by atoms with van der Waals surface area (Å²) in [6.07, 6.45) is 7.63. The number of carbonyl (C=O) groups is 2. The first kappa shape index (κ1) is 18.1. The average Bonchev–Trinajstić information content (AvgIpc) is 3.19. The zero-order valence-corrected chi connectivity index (χ0v) is 16.2. The van der Waals surface area contributed by atoms with E-state index in [-0.39, 0.29) is 11.5 Å². The molecule has 146 valence electrons. The lowest BCUT2D eigenvalue weighted by Gasteiger charge is -2.55. The lowest BCUT2D eigenvalue weighted by molar-refractivity contribution is -0.132. The predicted octanol–water partition coefficient (Wildman–Crippen LogP) is 2.77. The molecule has 3 unspecified atom stereocenters. The Balaban J connectivity index is 1.32. The van der Waals surface area contributed by atoms with Crippen LogP contribution in [0.5, 0.6) is 0 Å². The van der Waals surface area contributed by atoms with E-state index in [1.807, 2.05) is 0 Å². The maximum absolute atomic E-state index is 12.2. The summed E-state index contributed by atoms with van der Waals surface area (Å²) in [6.45, 7) is 7.21. The summed E-state index contributed by atoms with van der Waals surface area (Å²) in [5.41, 5.74) is 0.230. The second-order valence-electron chi connectivity index (χ2n) is 9.05. The van der Waals surface area contributed by atoms with E-state index in [1.165, 1.54) is 12.8 Å². The molecular formula is C20H33N3O3. The number of amides is 2. The summed E-state index contributed by atoms with van der Waals surface area (Å²) in [6, 6.07) is 1.66. The Morgan fingerprint density at radius 1 is 1.19 bits per heavy atom. The van der Waals surface area contributed by atoms with E-state index in [1.54, 1.807) is 4.90 Å². The van der Waals surface area contributed by atoms with Gasteiger partial charge in [-0.25, -0.2) is 4.79 Å². The molecule has 6 nitrogen and oxygen atoms in total. The number of rotatable bonds is 3. The first-order chi connectivity index (χ1) is 12.4. The van der Waals surface area contributed by atoms with Crippen LogP contribution in [0, 0.1) is 5.41 Å². The number of likely N-dealkylation sites (tertiary alicyclic amines) is 3. The van der Waals surface area contributed by atoms with Crippen molar-refractivity contribution in [3.05, 3.63) is 0 Å². The second kappa shape index (κ2) is 6.70. The van der Waals surface area contributed by atoms with E-state index >= 15 is 0 Å². The smallest absolute Gasteiger partial charge is 0.407 e. The van der Waals surface area contributed by atoms with Gasteiger partial charge in [-0.15, -0.1) is 0 Å². The summed E-state index contributed by atoms with van der Waals surface area (Å²) >= 11 is 0. The molecule has 6 heteroatoms. The van der Waals surface area contributed by atoms with Gasteiger partial charge in [-0.3, -0.25) is 4.79 Å². The van der Waals surface area contributed by atoms with E-state index in [2.05, 4.69) is 23.6 Å². The van der Waals surface area contributed by atoms with Crippen molar-refractivity contribution in [1.29, 1.82) is 0 Å². The second-order valence-corrected chi connectivity index (χ2v) is 9.05. The third-order valence-electron chi connectivity index (χ3n) is 7.77. The normalized spacial score (nSPS) is 39.0. The Kier molecular flexibility index (Phi) is 4.66. The molecule has 1 spiro atoms. The Bertz CT molecular complexity index is 575. The number of nitrogens with zero attached hydrogens (tertiary/aromatic N) is 3. The van der Waals surface area contributed by atoms with Gasteiger partial charge in [-0.05, 0) is 51.9 Å². The molecule has 1 saturated carbocycles. The Morgan fingerprint density at radius 2 is 1.92 bits per heavy atom. The van der Waals surface area contributed by atoms with Crippen molar-refractivity contribution in [2.75, 3.05) is 19.6 Å². The zero-order chi connectivity index (χ0) is 18.5. The van der Waals surface area contributed by atoms with Gasteiger partial charge in [0.1, 0.15) is 0 Å². The molecule has 0 bridgehead atoms. The van der Waals surface area contributed by atoms with Crippen LogP contribution in [0.1, 0.15) is 65.2 Å². The molecule has 0 aromatic rings. The summed E-state index contributed by atoms with van der Waals surface area (Å²) in [7, 11) is 0. The fourth-order valence-electron chi connectivity index (χ4n) is 6.45. The van der Waals surface area contributed by atoms with Crippen LogP contribution in [0.25, 0.3) is 0 Å². The minimum Gasteiger partial charge on any atom is -0.465 e. The van der Waals surface area contributed by atoms with Crippen LogP contribution < -0.4 is 0 Å². The Morgan fingerprint density at radius 3 is 2.50 bits per heavy atom. The molecule has 4 rings (SSSR count). The van der Waals surface area contributed by atoms with E-state index in [4.69, 9.17) is 0 Å². The van der Waals surface area contributed by atoms with Gasteiger partial charge in [0.2, 0.25) is 5.91 Å². The van der Waals surface area contributed by atoms with Gasteiger partial charge in [0.05, 0.1) is 0 Å². The lowest BCUT2D eigenvalue weighted by Crippen LogP contribution is -2.65. The number of hydrogen-bond donors (Lipinski definition) is 1. The van der Waals surface area contributed by atoms with Crippen molar-refractivity contribution in [1.82, 2.24) is 14.7 Å². The van der Waals surface area contributed by atoms with Gasteiger partial charge in [0.15, 0.2) is 0 Å². The van der Waals surface area contributed by atoms with E-state index in [0.717, 1.165) is 58.2 Å². The number of carbonyl (C=O) groups excluding carboxylic acids is 1. The SMILES string of the molecule is CCC1N(C(=O)O)CC12CCC(N1CCC(N3C(=O)CC[C@H]3C)CC1)C2. The van der Waals surface area contributed by atoms with Crippen LogP contribution in [0.2, 0.25) is 0 Å². The fraction of sp³-hybridized carbons (Fsp3) is 0.900. The van der Waals surface area contributed by atoms with Gasteiger partial charge in [-0.1, -0.05) is 6.92 Å². The molecular weight excluding hydrogens is 330 g/mol. The highest BCUT2D eigenvalue weighted by Crippen LogP contribution is 2.53. The van der Waals surface area contributed by atoms with Gasteiger partial charge < -0.3 is 19.8 Å². The van der Waals surface area contributed by atoms with Crippen LogP contribution in [0.3, 0.4) is 0 Å². The predicted molar refractivity (Wildman–Crippen MR) is 99.0 cm³/mol. The first-order valence-electron chi connectivity index (χ1n) is 10.5. The van der Waals surface area contributed by atoms with Crippen molar-refractivity contribution < 1.29 is 14.7 Å². The van der Waals surface area contributed by atoms with Crippen LogP contribution >= 0.6 is 0 Å². The zero-order valence-electron chi connectivity index (χ0n) is 16.2. The Hall–Kier alpha value is -1.30. The molecule has 1 N–H and O–H groups in total. The molecule has 4 aliphatic rings. The average molecular weight is 364 g/mol. The molecule has 0 aromatic heterocycles. The molecule has 0 radical (unpaired) electrons. The van der Waals surface area contributed by atoms with Crippen LogP contribution in [-0.2, 0) is 4.79 Å². The molecule has 0 aromatic carbocycles. The van der Waals surface area contributed by atoms with Gasteiger partial charge >= 0.3 is 6.09 Å². The topological polar surface area (TPSA) is 64.1 Å². The number of hydrogen-bond acceptors (Lipinski definition) is 3. The molecule has 3 saturated heterocycles. The fourth-order valence-corrected chi connectivity index (χ4v) is 6.45. The summed E-state index contributed by atoms with van der Waals surface area (Å²) in [5, 5.41) is 9.35.